The number of hydrogen-bond donors (Lipinski definition) is 3. The molecule has 0 saturated carbocycles. The van der Waals surface area contributed by atoms with E-state index in [1.54, 1.807) is 30.7 Å². The Morgan fingerprint density at radius 2 is 1.95 bits per heavy atom. The van der Waals surface area contributed by atoms with Gasteiger partial charge in [0, 0.05) is 68.2 Å². The Morgan fingerprint density at radius 3 is 2.68 bits per heavy atom. The van der Waals surface area contributed by atoms with Crippen LogP contribution in [0.15, 0.2) is 66.9 Å². The van der Waals surface area contributed by atoms with Crippen molar-refractivity contribution in [1.82, 2.24) is 29.9 Å². The van der Waals surface area contributed by atoms with Crippen molar-refractivity contribution in [3.05, 3.63) is 83.7 Å². The second-order valence-electron chi connectivity index (χ2n) is 11.3. The number of ether oxygens (including phenoxy) is 1. The number of halogens is 2. The number of anilines is 2. The van der Waals surface area contributed by atoms with Crippen LogP contribution in [0.2, 0.25) is 0 Å². The van der Waals surface area contributed by atoms with Gasteiger partial charge in [-0.05, 0) is 73.7 Å². The van der Waals surface area contributed by atoms with E-state index in [-0.39, 0.29) is 23.5 Å². The Hall–Kier alpha value is -4.58. The first-order valence-corrected chi connectivity index (χ1v) is 14.9. The van der Waals surface area contributed by atoms with E-state index < -0.39 is 6.61 Å². The van der Waals surface area contributed by atoms with Crippen LogP contribution in [0.1, 0.15) is 40.9 Å². The van der Waals surface area contributed by atoms with Crippen molar-refractivity contribution >= 4 is 34.5 Å². The average Bonchev–Trinajstić information content (AvgIpc) is 3.30. The lowest BCUT2D eigenvalue weighted by atomic mass is 9.94. The van der Waals surface area contributed by atoms with E-state index in [0.29, 0.717) is 61.8 Å². The Bertz CT molecular complexity index is 1640. The van der Waals surface area contributed by atoms with E-state index in [2.05, 4.69) is 30.7 Å². The molecular formula is C32H35F2N7O3. The van der Waals surface area contributed by atoms with Crippen LogP contribution in [0.3, 0.4) is 0 Å². The fraction of sp³-hybridized carbons (Fsp3) is 0.375. The monoisotopic (exact) mass is 603 g/mol. The molecule has 44 heavy (non-hydrogen) atoms. The third-order valence-electron chi connectivity index (χ3n) is 8.34. The summed E-state index contributed by atoms with van der Waals surface area (Å²) in [7, 11) is 0. The first kappa shape index (κ1) is 29.5. The van der Waals surface area contributed by atoms with Crippen LogP contribution in [-0.2, 0) is 9.53 Å². The van der Waals surface area contributed by atoms with Crippen LogP contribution in [0.4, 0.5) is 20.3 Å². The Labute approximate surface area is 253 Å². The summed E-state index contributed by atoms with van der Waals surface area (Å²) in [4.78, 5) is 36.8. The van der Waals surface area contributed by atoms with E-state index in [1.807, 2.05) is 40.5 Å². The third kappa shape index (κ3) is 6.49. The van der Waals surface area contributed by atoms with Crippen LogP contribution in [0.25, 0.3) is 11.2 Å². The van der Waals surface area contributed by atoms with Gasteiger partial charge in [-0.2, -0.15) is 8.78 Å². The zero-order chi connectivity index (χ0) is 30.6. The molecule has 0 bridgehead atoms. The third-order valence-corrected chi connectivity index (χ3v) is 8.34. The van der Waals surface area contributed by atoms with E-state index in [1.165, 1.54) is 6.08 Å². The maximum atomic E-state index is 13.4. The molecule has 1 aromatic carbocycles. The summed E-state index contributed by atoms with van der Waals surface area (Å²) in [6.45, 7) is 2.76. The van der Waals surface area contributed by atoms with Crippen molar-refractivity contribution in [3.63, 3.8) is 0 Å². The van der Waals surface area contributed by atoms with Gasteiger partial charge in [-0.15, -0.1) is 0 Å². The maximum absolute atomic E-state index is 13.4. The quantitative estimate of drug-likeness (QED) is 0.332. The number of nitrogens with zero attached hydrogens (tertiary/aromatic N) is 4. The highest BCUT2D eigenvalue weighted by molar-refractivity contribution is 5.96. The van der Waals surface area contributed by atoms with Gasteiger partial charge >= 0.3 is 6.61 Å². The number of rotatable bonds is 9. The molecule has 0 unspecified atom stereocenters. The molecule has 0 radical (unpaired) electrons. The first-order valence-electron chi connectivity index (χ1n) is 14.9. The predicted octanol–water partition coefficient (Wildman–Crippen LogP) is 4.44. The van der Waals surface area contributed by atoms with Crippen LogP contribution in [0, 0.1) is 18.8 Å². The first-order chi connectivity index (χ1) is 21.4. The lowest BCUT2D eigenvalue weighted by Crippen LogP contribution is -2.50. The summed E-state index contributed by atoms with van der Waals surface area (Å²) in [5.41, 5.74) is 4.39. The maximum Gasteiger partial charge on any atom is 0.387 e. The molecule has 4 heterocycles. The molecule has 2 amide bonds. The highest BCUT2D eigenvalue weighted by atomic mass is 19.3. The predicted molar refractivity (Wildman–Crippen MR) is 162 cm³/mol. The molecule has 3 aliphatic rings. The highest BCUT2D eigenvalue weighted by Gasteiger charge is 2.29. The molecule has 3 aromatic rings. The number of carbonyl (C=O) groups is 2. The summed E-state index contributed by atoms with van der Waals surface area (Å²) in [6, 6.07) is 5.57. The molecule has 0 spiro atoms. The molecule has 2 aromatic heterocycles. The molecular weight excluding hydrogens is 568 g/mol. The summed E-state index contributed by atoms with van der Waals surface area (Å²) >= 11 is 0. The fourth-order valence-electron chi connectivity index (χ4n) is 5.73. The molecule has 0 atom stereocenters. The van der Waals surface area contributed by atoms with Gasteiger partial charge in [0.05, 0.1) is 11.9 Å². The zero-order valence-electron chi connectivity index (χ0n) is 24.4. The number of aromatic nitrogens is 3. The minimum Gasteiger partial charge on any atom is -0.435 e. The molecule has 2 aliphatic heterocycles. The van der Waals surface area contributed by atoms with Gasteiger partial charge in [0.25, 0.3) is 5.91 Å². The largest absolute Gasteiger partial charge is 0.435 e. The minimum atomic E-state index is -2.88. The molecule has 2 saturated heterocycles. The summed E-state index contributed by atoms with van der Waals surface area (Å²) in [6.07, 6.45) is 13.7. The number of allylic oxidation sites excluding steroid dienone is 5. The van der Waals surface area contributed by atoms with E-state index in [9.17, 15) is 18.4 Å². The average molecular weight is 604 g/mol. The number of fused-ring (bicyclic) bond motifs is 1. The normalized spacial score (nSPS) is 17.6. The number of imidazole rings is 1. The molecule has 12 heteroatoms. The van der Waals surface area contributed by atoms with Crippen molar-refractivity contribution < 1.29 is 23.1 Å². The zero-order valence-corrected chi connectivity index (χ0v) is 24.4. The summed E-state index contributed by atoms with van der Waals surface area (Å²) in [5.74, 6) is 1.18. The Balaban J connectivity index is 1.09. The SMILES string of the molecule is Cc1cc(Nc2nccn3c(C4=CCC=C(OC(F)F)C=C4)cnc23)ccc1C(=O)N1CCC(C(=O)NCC2CNC2)CC1. The van der Waals surface area contributed by atoms with Gasteiger partial charge in [-0.25, -0.2) is 9.97 Å². The Morgan fingerprint density at radius 1 is 1.14 bits per heavy atom. The van der Waals surface area contributed by atoms with Crippen molar-refractivity contribution in [2.75, 3.05) is 38.0 Å². The molecule has 2 fully saturated rings. The number of piperidine rings is 1. The molecule has 230 valence electrons. The van der Waals surface area contributed by atoms with E-state index in [0.717, 1.165) is 35.6 Å². The standard InChI is InChI=1S/C32H35F2N7O3/c1-20-15-24(6-8-26(20)31(43)40-12-9-23(10-13-40)30(42)38-18-21-16-35-17-21)39-28-29-37-19-27(41(29)14-11-36-28)22-3-2-4-25(7-5-22)44-32(33)34/h3-8,11,14-15,19,21,23,32,35H,2,9-10,12-13,16-18H2,1H3,(H,36,39)(H,38,42). The Kier molecular flexibility index (Phi) is 8.69. The number of benzene rings is 1. The van der Waals surface area contributed by atoms with Crippen LogP contribution in [0.5, 0.6) is 0 Å². The topological polar surface area (TPSA) is 113 Å². The smallest absolute Gasteiger partial charge is 0.387 e. The number of carbonyl (C=O) groups excluding carboxylic acids is 2. The van der Waals surface area contributed by atoms with E-state index in [4.69, 9.17) is 0 Å². The van der Waals surface area contributed by atoms with Crippen molar-refractivity contribution in [1.29, 1.82) is 0 Å². The lowest BCUT2D eigenvalue weighted by molar-refractivity contribution is -0.126. The van der Waals surface area contributed by atoms with Crippen LogP contribution in [-0.4, -0.2) is 70.4 Å². The van der Waals surface area contributed by atoms with Gasteiger partial charge in [0.2, 0.25) is 5.91 Å². The van der Waals surface area contributed by atoms with Crippen molar-refractivity contribution in [2.24, 2.45) is 11.8 Å². The van der Waals surface area contributed by atoms with Crippen molar-refractivity contribution in [3.8, 4) is 0 Å². The van der Waals surface area contributed by atoms with Gasteiger partial charge in [-0.3, -0.25) is 14.0 Å². The number of amides is 2. The summed E-state index contributed by atoms with van der Waals surface area (Å²) in [5, 5.41) is 9.60. The van der Waals surface area contributed by atoms with Crippen LogP contribution >= 0.6 is 0 Å². The van der Waals surface area contributed by atoms with Gasteiger partial charge in [-0.1, -0.05) is 6.08 Å². The second kappa shape index (κ2) is 13.0. The van der Waals surface area contributed by atoms with Gasteiger partial charge < -0.3 is 25.6 Å². The highest BCUT2D eigenvalue weighted by Crippen LogP contribution is 2.28. The molecule has 3 N–H and O–H groups in total. The lowest BCUT2D eigenvalue weighted by Gasteiger charge is -2.33. The van der Waals surface area contributed by atoms with Crippen LogP contribution < -0.4 is 16.0 Å². The van der Waals surface area contributed by atoms with E-state index >= 15 is 0 Å². The number of aryl methyl sites for hydroxylation is 1. The van der Waals surface area contributed by atoms with Crippen molar-refractivity contribution in [2.45, 2.75) is 32.8 Å². The number of hydrogen-bond acceptors (Lipinski definition) is 7. The minimum absolute atomic E-state index is 0.0343. The molecule has 1 aliphatic carbocycles. The molecule has 6 rings (SSSR count). The molecule has 10 nitrogen and oxygen atoms in total. The number of likely N-dealkylation sites (tertiary alicyclic amines) is 1. The number of nitrogens with one attached hydrogen (secondary N) is 3. The van der Waals surface area contributed by atoms with Gasteiger partial charge in [0.15, 0.2) is 11.5 Å². The second-order valence-corrected chi connectivity index (χ2v) is 11.3. The van der Waals surface area contributed by atoms with Gasteiger partial charge in [0.1, 0.15) is 5.76 Å². The fourth-order valence-corrected chi connectivity index (χ4v) is 5.73. The summed E-state index contributed by atoms with van der Waals surface area (Å²) < 4.78 is 31.7. The number of alkyl halides is 2.